The lowest BCUT2D eigenvalue weighted by Gasteiger charge is -2.14. The molecule has 2 aromatic carbocycles. The lowest BCUT2D eigenvalue weighted by molar-refractivity contribution is 0.408. The van der Waals surface area contributed by atoms with Gasteiger partial charge in [-0.2, -0.15) is 0 Å². The van der Waals surface area contributed by atoms with Gasteiger partial charge in [-0.3, -0.25) is 0 Å². The highest BCUT2D eigenvalue weighted by atomic mass is 35.5. The van der Waals surface area contributed by atoms with Crippen molar-refractivity contribution in [2.24, 2.45) is 0 Å². The van der Waals surface area contributed by atoms with E-state index in [4.69, 9.17) is 0 Å². The van der Waals surface area contributed by atoms with Crippen LogP contribution in [0, 0.1) is 0 Å². The molecule has 0 aliphatic rings. The number of para-hydroxylation sites is 1. The zero-order valence-corrected chi connectivity index (χ0v) is 17.6. The van der Waals surface area contributed by atoms with Crippen LogP contribution in [-0.2, 0) is 18.7 Å². The molecule has 0 atom stereocenters. The summed E-state index contributed by atoms with van der Waals surface area (Å²) in [6, 6.07) is 19.6. The van der Waals surface area contributed by atoms with E-state index in [0.717, 1.165) is 25.3 Å². The van der Waals surface area contributed by atoms with Crippen LogP contribution in [0.1, 0.15) is 24.6 Å². The van der Waals surface area contributed by atoms with Crippen molar-refractivity contribution in [2.75, 3.05) is 20.6 Å². The number of nitrogens with zero attached hydrogens (tertiary/aromatic N) is 2. The standard InChI is InChI=1S/C22H28N2S.ClH/c1-4-15-24-21-13-9-8-12-19(21)20(22(24)14-16-23(2)3)17-25-18-10-6-5-7-11-18;/h5-13H,4,14-17H2,1-3H3;1H. The molecule has 0 aliphatic carbocycles. The van der Waals surface area contributed by atoms with Crippen LogP contribution < -0.4 is 0 Å². The molecule has 3 rings (SSSR count). The second-order valence-electron chi connectivity index (χ2n) is 6.75. The predicted molar refractivity (Wildman–Crippen MR) is 118 cm³/mol. The van der Waals surface area contributed by atoms with Gasteiger partial charge in [0.05, 0.1) is 0 Å². The van der Waals surface area contributed by atoms with Crippen molar-refractivity contribution in [1.29, 1.82) is 0 Å². The molecule has 4 heteroatoms. The Bertz CT molecular complexity index is 812. The van der Waals surface area contributed by atoms with Crippen LogP contribution in [0.25, 0.3) is 10.9 Å². The fraction of sp³-hybridized carbons (Fsp3) is 0.364. The van der Waals surface area contributed by atoms with Crippen molar-refractivity contribution in [3.8, 4) is 0 Å². The van der Waals surface area contributed by atoms with Gasteiger partial charge in [-0.25, -0.2) is 0 Å². The van der Waals surface area contributed by atoms with E-state index in [2.05, 4.69) is 85.1 Å². The Hall–Kier alpha value is -1.42. The third-order valence-corrected chi connectivity index (χ3v) is 5.60. The summed E-state index contributed by atoms with van der Waals surface area (Å²) >= 11 is 1.94. The maximum Gasteiger partial charge on any atom is 0.0485 e. The third-order valence-electron chi connectivity index (χ3n) is 4.56. The molecule has 0 saturated heterocycles. The summed E-state index contributed by atoms with van der Waals surface area (Å²) in [5, 5.41) is 1.42. The molecule has 1 heterocycles. The fourth-order valence-electron chi connectivity index (χ4n) is 3.36. The van der Waals surface area contributed by atoms with Crippen LogP contribution in [0.3, 0.4) is 0 Å². The van der Waals surface area contributed by atoms with Gasteiger partial charge in [0.15, 0.2) is 0 Å². The van der Waals surface area contributed by atoms with Gasteiger partial charge in [0.25, 0.3) is 0 Å². The highest BCUT2D eigenvalue weighted by Gasteiger charge is 2.16. The number of hydrogen-bond acceptors (Lipinski definition) is 2. The highest BCUT2D eigenvalue weighted by molar-refractivity contribution is 7.98. The van der Waals surface area contributed by atoms with E-state index in [9.17, 15) is 0 Å². The Kier molecular flexibility index (Phi) is 8.08. The largest absolute Gasteiger partial charge is 0.344 e. The molecule has 0 spiro atoms. The van der Waals surface area contributed by atoms with E-state index in [0.29, 0.717) is 0 Å². The summed E-state index contributed by atoms with van der Waals surface area (Å²) in [5.74, 6) is 1.03. The predicted octanol–water partition coefficient (Wildman–Crippen LogP) is 5.87. The zero-order chi connectivity index (χ0) is 17.6. The van der Waals surface area contributed by atoms with Crippen molar-refractivity contribution >= 4 is 35.1 Å². The van der Waals surface area contributed by atoms with Gasteiger partial charge in [0.1, 0.15) is 0 Å². The first kappa shape index (κ1) is 20.9. The number of benzene rings is 2. The maximum atomic E-state index is 2.56. The van der Waals surface area contributed by atoms with Gasteiger partial charge in [-0.1, -0.05) is 43.3 Å². The zero-order valence-electron chi connectivity index (χ0n) is 15.9. The summed E-state index contributed by atoms with van der Waals surface area (Å²) in [5.41, 5.74) is 4.42. The Morgan fingerprint density at radius 2 is 1.65 bits per heavy atom. The number of halogens is 1. The third kappa shape index (κ3) is 4.85. The first-order valence-electron chi connectivity index (χ1n) is 9.12. The average Bonchev–Trinajstić information content (AvgIpc) is 2.92. The van der Waals surface area contributed by atoms with E-state index in [-0.39, 0.29) is 12.4 Å². The summed E-state index contributed by atoms with van der Waals surface area (Å²) in [6.07, 6.45) is 2.27. The minimum Gasteiger partial charge on any atom is -0.344 e. The number of hydrogen-bond donors (Lipinski definition) is 0. The molecule has 3 aromatic rings. The molecule has 0 amide bonds. The number of aromatic nitrogens is 1. The lowest BCUT2D eigenvalue weighted by Crippen LogP contribution is -2.17. The monoisotopic (exact) mass is 388 g/mol. The minimum absolute atomic E-state index is 0. The molecular weight excluding hydrogens is 360 g/mol. The first-order chi connectivity index (χ1) is 12.2. The summed E-state index contributed by atoms with van der Waals surface area (Å²) < 4.78 is 2.56. The average molecular weight is 389 g/mol. The maximum absolute atomic E-state index is 2.56. The quantitative estimate of drug-likeness (QED) is 0.446. The Morgan fingerprint density at radius 1 is 0.962 bits per heavy atom. The van der Waals surface area contributed by atoms with E-state index in [1.54, 1.807) is 0 Å². The second-order valence-corrected chi connectivity index (χ2v) is 7.80. The molecular formula is C22H29ClN2S. The van der Waals surface area contributed by atoms with E-state index in [1.807, 2.05) is 11.8 Å². The SMILES string of the molecule is CCCn1c(CCN(C)C)c(CSc2ccccc2)c2ccccc21.Cl. The van der Waals surface area contributed by atoms with Crippen molar-refractivity contribution in [2.45, 2.75) is 37.0 Å². The van der Waals surface area contributed by atoms with Crippen molar-refractivity contribution in [3.05, 3.63) is 65.9 Å². The van der Waals surface area contributed by atoms with Crippen LogP contribution >= 0.6 is 24.2 Å². The number of aryl methyl sites for hydroxylation is 1. The smallest absolute Gasteiger partial charge is 0.0485 e. The number of fused-ring (bicyclic) bond motifs is 1. The topological polar surface area (TPSA) is 8.17 Å². The molecule has 0 fully saturated rings. The van der Waals surface area contributed by atoms with E-state index >= 15 is 0 Å². The minimum atomic E-state index is 0. The summed E-state index contributed by atoms with van der Waals surface area (Å²) in [7, 11) is 4.32. The van der Waals surface area contributed by atoms with E-state index in [1.165, 1.54) is 33.5 Å². The molecule has 0 saturated carbocycles. The van der Waals surface area contributed by atoms with Gasteiger partial charge < -0.3 is 9.47 Å². The number of rotatable bonds is 8. The van der Waals surface area contributed by atoms with Crippen LogP contribution in [0.2, 0.25) is 0 Å². The van der Waals surface area contributed by atoms with Gasteiger partial charge in [-0.15, -0.1) is 24.2 Å². The molecule has 26 heavy (non-hydrogen) atoms. The van der Waals surface area contributed by atoms with Crippen LogP contribution in [-0.4, -0.2) is 30.1 Å². The van der Waals surface area contributed by atoms with E-state index < -0.39 is 0 Å². The molecule has 0 unspecified atom stereocenters. The van der Waals surface area contributed by atoms with Gasteiger partial charge in [-0.05, 0) is 44.3 Å². The Morgan fingerprint density at radius 3 is 2.35 bits per heavy atom. The number of thioether (sulfide) groups is 1. The number of likely N-dealkylation sites (N-methyl/N-ethyl adjacent to an activating group) is 1. The summed E-state index contributed by atoms with van der Waals surface area (Å²) in [6.45, 7) is 4.45. The van der Waals surface area contributed by atoms with Crippen LogP contribution in [0.15, 0.2) is 59.5 Å². The lowest BCUT2D eigenvalue weighted by atomic mass is 10.1. The fourth-order valence-corrected chi connectivity index (χ4v) is 4.34. The van der Waals surface area contributed by atoms with Gasteiger partial charge in [0.2, 0.25) is 0 Å². The molecule has 0 aliphatic heterocycles. The van der Waals surface area contributed by atoms with Gasteiger partial charge >= 0.3 is 0 Å². The molecule has 0 radical (unpaired) electrons. The molecule has 0 N–H and O–H groups in total. The van der Waals surface area contributed by atoms with Gasteiger partial charge in [0, 0.05) is 46.8 Å². The summed E-state index contributed by atoms with van der Waals surface area (Å²) in [4.78, 5) is 3.62. The van der Waals surface area contributed by atoms with Crippen molar-refractivity contribution < 1.29 is 0 Å². The molecule has 1 aromatic heterocycles. The second kappa shape index (κ2) is 10.1. The highest BCUT2D eigenvalue weighted by Crippen LogP contribution is 2.32. The normalized spacial score (nSPS) is 11.1. The molecule has 140 valence electrons. The van der Waals surface area contributed by atoms with Crippen LogP contribution in [0.5, 0.6) is 0 Å². The van der Waals surface area contributed by atoms with Crippen molar-refractivity contribution in [3.63, 3.8) is 0 Å². The van der Waals surface area contributed by atoms with Crippen molar-refractivity contribution in [1.82, 2.24) is 9.47 Å². The molecule has 0 bridgehead atoms. The molecule has 2 nitrogen and oxygen atoms in total. The Labute approximate surface area is 168 Å². The Balaban J connectivity index is 0.00000243. The van der Waals surface area contributed by atoms with Crippen LogP contribution in [0.4, 0.5) is 0 Å². The first-order valence-corrected chi connectivity index (χ1v) is 10.1.